The largest absolute Gasteiger partial charge is 0.444 e. The minimum absolute atomic E-state index is 0.0194. The van der Waals surface area contributed by atoms with Crippen LogP contribution in [0.2, 0.25) is 0 Å². The molecule has 1 aliphatic rings. The third kappa shape index (κ3) is 2.63. The number of hydrogen-bond donors (Lipinski definition) is 2. The second-order valence-corrected chi connectivity index (χ2v) is 4.40. The Labute approximate surface area is 101 Å². The van der Waals surface area contributed by atoms with E-state index in [-0.39, 0.29) is 23.6 Å². The van der Waals surface area contributed by atoms with Crippen molar-refractivity contribution in [2.24, 2.45) is 0 Å². The number of piperidine rings is 1. The number of hydrogen-bond acceptors (Lipinski definition) is 3. The zero-order chi connectivity index (χ0) is 11.5. The molecule has 2 rings (SSSR count). The molecule has 6 heteroatoms. The van der Waals surface area contributed by atoms with Gasteiger partial charge in [0.1, 0.15) is 0 Å². The summed E-state index contributed by atoms with van der Waals surface area (Å²) in [6.45, 7) is 0.479. The zero-order valence-corrected chi connectivity index (χ0v) is 10.0. The molecule has 0 bridgehead atoms. The molecular formula is C10H11BrN2O3. The molecule has 1 aromatic rings. The zero-order valence-electron chi connectivity index (χ0n) is 8.46. The van der Waals surface area contributed by atoms with Crippen LogP contribution in [0.15, 0.2) is 21.2 Å². The lowest BCUT2D eigenvalue weighted by atomic mass is 10.1. The molecular weight excluding hydrogens is 276 g/mol. The molecule has 0 radical (unpaired) electrons. The first-order chi connectivity index (χ1) is 7.65. The Morgan fingerprint density at radius 1 is 1.56 bits per heavy atom. The predicted molar refractivity (Wildman–Crippen MR) is 59.9 cm³/mol. The van der Waals surface area contributed by atoms with Gasteiger partial charge >= 0.3 is 0 Å². The molecule has 0 spiro atoms. The quantitative estimate of drug-likeness (QED) is 0.854. The molecule has 1 aliphatic heterocycles. The highest BCUT2D eigenvalue weighted by molar-refractivity contribution is 9.10. The summed E-state index contributed by atoms with van der Waals surface area (Å²) in [6.07, 6.45) is 1.12. The monoisotopic (exact) mass is 286 g/mol. The smallest absolute Gasteiger partial charge is 0.287 e. The number of amides is 2. The molecule has 2 amide bonds. The highest BCUT2D eigenvalue weighted by Gasteiger charge is 2.21. The topological polar surface area (TPSA) is 71.3 Å². The fourth-order valence-corrected chi connectivity index (χ4v) is 1.86. The molecule has 1 saturated heterocycles. The van der Waals surface area contributed by atoms with Crippen molar-refractivity contribution in [1.82, 2.24) is 10.6 Å². The molecule has 16 heavy (non-hydrogen) atoms. The molecule has 5 nitrogen and oxygen atoms in total. The Bertz CT molecular complexity index is 406. The molecule has 2 heterocycles. The summed E-state index contributed by atoms with van der Waals surface area (Å²) >= 11 is 3.13. The molecule has 1 unspecified atom stereocenters. The molecule has 86 valence electrons. The lowest BCUT2D eigenvalue weighted by Crippen LogP contribution is -2.47. The SMILES string of the molecule is O=C1CCC(NC(=O)c2ccc(Br)o2)CN1. The van der Waals surface area contributed by atoms with E-state index in [0.29, 0.717) is 24.1 Å². The van der Waals surface area contributed by atoms with Crippen molar-refractivity contribution in [3.05, 3.63) is 22.6 Å². The summed E-state index contributed by atoms with van der Waals surface area (Å²) in [5.74, 6) is 0.0434. The molecule has 2 N–H and O–H groups in total. The van der Waals surface area contributed by atoms with Crippen LogP contribution >= 0.6 is 15.9 Å². The van der Waals surface area contributed by atoms with E-state index in [9.17, 15) is 9.59 Å². The third-order valence-corrected chi connectivity index (χ3v) is 2.82. The predicted octanol–water partition coefficient (Wildman–Crippen LogP) is 1.05. The maximum absolute atomic E-state index is 11.7. The van der Waals surface area contributed by atoms with E-state index in [0.717, 1.165) is 0 Å². The minimum Gasteiger partial charge on any atom is -0.444 e. The summed E-state index contributed by atoms with van der Waals surface area (Å²) in [5, 5.41) is 5.50. The summed E-state index contributed by atoms with van der Waals surface area (Å²) in [5.41, 5.74) is 0. The first-order valence-electron chi connectivity index (χ1n) is 4.98. The van der Waals surface area contributed by atoms with Crippen LogP contribution in [0.4, 0.5) is 0 Å². The van der Waals surface area contributed by atoms with Gasteiger partial charge in [0.15, 0.2) is 10.4 Å². The molecule has 1 aromatic heterocycles. The summed E-state index contributed by atoms with van der Waals surface area (Å²) in [7, 11) is 0. The summed E-state index contributed by atoms with van der Waals surface area (Å²) in [4.78, 5) is 22.6. The number of carbonyl (C=O) groups is 2. The average Bonchev–Trinajstić information content (AvgIpc) is 2.68. The van der Waals surface area contributed by atoms with Gasteiger partial charge in [-0.3, -0.25) is 9.59 Å². The minimum atomic E-state index is -0.258. The van der Waals surface area contributed by atoms with Gasteiger partial charge < -0.3 is 15.1 Å². The van der Waals surface area contributed by atoms with Crippen LogP contribution in [0.3, 0.4) is 0 Å². The second kappa shape index (κ2) is 4.69. The van der Waals surface area contributed by atoms with Gasteiger partial charge in [-0.25, -0.2) is 0 Å². The van der Waals surface area contributed by atoms with Crippen molar-refractivity contribution in [3.63, 3.8) is 0 Å². The Morgan fingerprint density at radius 3 is 2.94 bits per heavy atom. The number of carbonyl (C=O) groups excluding carboxylic acids is 2. The third-order valence-electron chi connectivity index (χ3n) is 2.40. The molecule has 1 fully saturated rings. The lowest BCUT2D eigenvalue weighted by Gasteiger charge is -2.22. The number of rotatable bonds is 2. The van der Waals surface area contributed by atoms with Gasteiger partial charge in [-0.15, -0.1) is 0 Å². The summed E-state index contributed by atoms with van der Waals surface area (Å²) in [6, 6.07) is 3.24. The van der Waals surface area contributed by atoms with Gasteiger partial charge in [-0.05, 0) is 34.5 Å². The summed E-state index contributed by atoms with van der Waals surface area (Å²) < 4.78 is 5.65. The standard InChI is InChI=1S/C10H11BrN2O3/c11-8-3-2-7(16-8)10(15)13-6-1-4-9(14)12-5-6/h2-3,6H,1,4-5H2,(H,12,14)(H,13,15). The van der Waals surface area contributed by atoms with Crippen LogP contribution in [0.1, 0.15) is 23.4 Å². The fraction of sp³-hybridized carbons (Fsp3) is 0.400. The maximum atomic E-state index is 11.7. The van der Waals surface area contributed by atoms with E-state index in [4.69, 9.17) is 4.42 Å². The molecule has 0 saturated carbocycles. The van der Waals surface area contributed by atoms with E-state index in [1.54, 1.807) is 12.1 Å². The normalized spacial score (nSPS) is 20.3. The van der Waals surface area contributed by atoms with Gasteiger partial charge in [0, 0.05) is 19.0 Å². The molecule has 0 aromatic carbocycles. The van der Waals surface area contributed by atoms with E-state index in [1.807, 2.05) is 0 Å². The Morgan fingerprint density at radius 2 is 2.38 bits per heavy atom. The molecule has 1 atom stereocenters. The van der Waals surface area contributed by atoms with Crippen LogP contribution in [-0.2, 0) is 4.79 Å². The van der Waals surface area contributed by atoms with Crippen molar-refractivity contribution in [3.8, 4) is 0 Å². The Kier molecular flexibility index (Phi) is 3.28. The molecule has 0 aliphatic carbocycles. The van der Waals surface area contributed by atoms with Crippen LogP contribution in [-0.4, -0.2) is 24.4 Å². The van der Waals surface area contributed by atoms with Gasteiger partial charge in [-0.1, -0.05) is 0 Å². The fourth-order valence-electron chi connectivity index (χ4n) is 1.55. The van der Waals surface area contributed by atoms with Crippen LogP contribution in [0.5, 0.6) is 0 Å². The van der Waals surface area contributed by atoms with Crippen molar-refractivity contribution < 1.29 is 14.0 Å². The van der Waals surface area contributed by atoms with Crippen LogP contribution in [0.25, 0.3) is 0 Å². The van der Waals surface area contributed by atoms with Crippen LogP contribution in [0, 0.1) is 0 Å². The van der Waals surface area contributed by atoms with E-state index in [2.05, 4.69) is 26.6 Å². The van der Waals surface area contributed by atoms with Gasteiger partial charge in [-0.2, -0.15) is 0 Å². The van der Waals surface area contributed by atoms with Gasteiger partial charge in [0.05, 0.1) is 0 Å². The van der Waals surface area contributed by atoms with Crippen molar-refractivity contribution >= 4 is 27.7 Å². The van der Waals surface area contributed by atoms with Crippen molar-refractivity contribution in [2.45, 2.75) is 18.9 Å². The Hall–Kier alpha value is -1.30. The van der Waals surface area contributed by atoms with Crippen molar-refractivity contribution in [2.75, 3.05) is 6.54 Å². The number of nitrogens with one attached hydrogen (secondary N) is 2. The Balaban J connectivity index is 1.90. The van der Waals surface area contributed by atoms with Crippen molar-refractivity contribution in [1.29, 1.82) is 0 Å². The maximum Gasteiger partial charge on any atom is 0.287 e. The number of furan rings is 1. The first kappa shape index (κ1) is 11.2. The van der Waals surface area contributed by atoms with E-state index < -0.39 is 0 Å². The van der Waals surface area contributed by atoms with Gasteiger partial charge in [0.2, 0.25) is 5.91 Å². The lowest BCUT2D eigenvalue weighted by molar-refractivity contribution is -0.122. The highest BCUT2D eigenvalue weighted by Crippen LogP contribution is 2.14. The van der Waals surface area contributed by atoms with E-state index in [1.165, 1.54) is 0 Å². The van der Waals surface area contributed by atoms with E-state index >= 15 is 0 Å². The number of halogens is 1. The average molecular weight is 287 g/mol. The first-order valence-corrected chi connectivity index (χ1v) is 5.77. The highest BCUT2D eigenvalue weighted by atomic mass is 79.9. The van der Waals surface area contributed by atoms with Crippen LogP contribution < -0.4 is 10.6 Å². The van der Waals surface area contributed by atoms with Gasteiger partial charge in [0.25, 0.3) is 5.91 Å². The second-order valence-electron chi connectivity index (χ2n) is 3.62.